The van der Waals surface area contributed by atoms with Gasteiger partial charge in [0.1, 0.15) is 11.9 Å². The van der Waals surface area contributed by atoms with E-state index in [2.05, 4.69) is 26.1 Å². The molecule has 0 heterocycles. The normalized spacial score (nSPS) is 12.9. The van der Waals surface area contributed by atoms with E-state index < -0.39 is 5.82 Å². The summed E-state index contributed by atoms with van der Waals surface area (Å²) in [4.78, 5) is 0. The predicted octanol–water partition coefficient (Wildman–Crippen LogP) is 2.91. The van der Waals surface area contributed by atoms with Crippen molar-refractivity contribution in [1.29, 1.82) is 5.26 Å². The van der Waals surface area contributed by atoms with Gasteiger partial charge >= 0.3 is 0 Å². The maximum atomic E-state index is 13.0. The third kappa shape index (κ3) is 3.71. The lowest BCUT2D eigenvalue weighted by molar-refractivity contribution is 0.235. The Balaban J connectivity index is 2.98. The molecule has 0 radical (unpaired) electrons. The van der Waals surface area contributed by atoms with Gasteiger partial charge in [0, 0.05) is 12.6 Å². The monoisotopic (exact) mass is 250 g/mol. The van der Waals surface area contributed by atoms with E-state index >= 15 is 0 Å². The minimum absolute atomic E-state index is 0.0139. The van der Waals surface area contributed by atoms with Crippen molar-refractivity contribution in [2.24, 2.45) is 5.41 Å². The smallest absolute Gasteiger partial charge is 0.124 e. The summed E-state index contributed by atoms with van der Waals surface area (Å²) in [6.45, 7) is 6.22. The highest BCUT2D eigenvalue weighted by Crippen LogP contribution is 2.27. The van der Waals surface area contributed by atoms with E-state index in [0.717, 1.165) is 0 Å². The predicted molar refractivity (Wildman–Crippen MR) is 69.7 cm³/mol. The Morgan fingerprint density at radius 1 is 1.44 bits per heavy atom. The Kier molecular flexibility index (Phi) is 4.69. The molecule has 18 heavy (non-hydrogen) atoms. The number of aliphatic hydroxyl groups is 1. The topological polar surface area (TPSA) is 56.0 Å². The molecule has 1 rings (SSSR count). The van der Waals surface area contributed by atoms with Gasteiger partial charge < -0.3 is 10.4 Å². The maximum Gasteiger partial charge on any atom is 0.124 e. The largest absolute Gasteiger partial charge is 0.396 e. The van der Waals surface area contributed by atoms with Crippen molar-refractivity contribution in [2.45, 2.75) is 33.2 Å². The number of hydrogen-bond donors (Lipinski definition) is 2. The van der Waals surface area contributed by atoms with Crippen molar-refractivity contribution in [1.82, 2.24) is 0 Å². The average molecular weight is 250 g/mol. The van der Waals surface area contributed by atoms with Crippen LogP contribution in [0.3, 0.4) is 0 Å². The first kappa shape index (κ1) is 14.5. The van der Waals surface area contributed by atoms with Crippen molar-refractivity contribution >= 4 is 5.69 Å². The van der Waals surface area contributed by atoms with Crippen LogP contribution in [0.25, 0.3) is 0 Å². The van der Waals surface area contributed by atoms with Crippen LogP contribution in [-0.2, 0) is 0 Å². The van der Waals surface area contributed by atoms with E-state index in [1.54, 1.807) is 6.07 Å². The number of nitrogens with one attached hydrogen (secondary N) is 1. The maximum absolute atomic E-state index is 13.0. The molecule has 3 nitrogen and oxygen atoms in total. The van der Waals surface area contributed by atoms with Gasteiger partial charge in [0.2, 0.25) is 0 Å². The molecule has 1 aromatic rings. The standard InChI is InChI=1S/C14H19FN2O/c1-14(2,3)13(6-7-18)17-12-5-4-11(15)8-10(12)9-16/h4-5,8,13,17-18H,6-7H2,1-3H3. The highest BCUT2D eigenvalue weighted by molar-refractivity contribution is 5.58. The number of rotatable bonds is 4. The molecular formula is C14H19FN2O. The third-order valence-electron chi connectivity index (χ3n) is 2.89. The van der Waals surface area contributed by atoms with Crippen LogP contribution in [0.4, 0.5) is 10.1 Å². The Morgan fingerprint density at radius 2 is 2.11 bits per heavy atom. The first-order valence-corrected chi connectivity index (χ1v) is 5.95. The summed E-state index contributed by atoms with van der Waals surface area (Å²) in [6, 6.07) is 6.07. The zero-order valence-electron chi connectivity index (χ0n) is 11.0. The van der Waals surface area contributed by atoms with Crippen LogP contribution in [0.15, 0.2) is 18.2 Å². The van der Waals surface area contributed by atoms with E-state index in [1.807, 2.05) is 6.07 Å². The van der Waals surface area contributed by atoms with Crippen LogP contribution in [-0.4, -0.2) is 17.8 Å². The molecule has 1 aromatic carbocycles. The summed E-state index contributed by atoms with van der Waals surface area (Å²) in [5.41, 5.74) is 0.818. The van der Waals surface area contributed by atoms with Crippen LogP contribution >= 0.6 is 0 Å². The van der Waals surface area contributed by atoms with Gasteiger partial charge in [-0.25, -0.2) is 4.39 Å². The third-order valence-corrected chi connectivity index (χ3v) is 2.89. The fourth-order valence-corrected chi connectivity index (χ4v) is 1.77. The minimum atomic E-state index is -0.424. The van der Waals surface area contributed by atoms with Crippen LogP contribution in [0.1, 0.15) is 32.8 Å². The lowest BCUT2D eigenvalue weighted by Gasteiger charge is -2.32. The van der Waals surface area contributed by atoms with Gasteiger partial charge in [-0.3, -0.25) is 0 Å². The van der Waals surface area contributed by atoms with E-state index in [9.17, 15) is 4.39 Å². The summed E-state index contributed by atoms with van der Waals surface area (Å²) in [7, 11) is 0. The Morgan fingerprint density at radius 3 is 2.61 bits per heavy atom. The van der Waals surface area contributed by atoms with E-state index in [4.69, 9.17) is 10.4 Å². The molecule has 0 spiro atoms. The Hall–Kier alpha value is -1.60. The summed E-state index contributed by atoms with van der Waals surface area (Å²) < 4.78 is 13.0. The summed E-state index contributed by atoms with van der Waals surface area (Å²) in [6.07, 6.45) is 0.575. The fourth-order valence-electron chi connectivity index (χ4n) is 1.77. The molecule has 4 heteroatoms. The quantitative estimate of drug-likeness (QED) is 0.863. The minimum Gasteiger partial charge on any atom is -0.396 e. The number of anilines is 1. The summed E-state index contributed by atoms with van der Waals surface area (Å²) in [5.74, 6) is -0.424. The number of halogens is 1. The first-order valence-electron chi connectivity index (χ1n) is 5.95. The number of nitriles is 1. The van der Waals surface area contributed by atoms with Crippen LogP contribution < -0.4 is 5.32 Å². The molecule has 0 aromatic heterocycles. The van der Waals surface area contributed by atoms with Crippen molar-refractivity contribution in [2.75, 3.05) is 11.9 Å². The highest BCUT2D eigenvalue weighted by Gasteiger charge is 2.24. The molecule has 2 N–H and O–H groups in total. The van der Waals surface area contributed by atoms with Gasteiger partial charge in [-0.05, 0) is 30.0 Å². The van der Waals surface area contributed by atoms with Crippen molar-refractivity contribution in [3.63, 3.8) is 0 Å². The molecule has 1 unspecified atom stereocenters. The van der Waals surface area contributed by atoms with Crippen molar-refractivity contribution in [3.05, 3.63) is 29.6 Å². The molecule has 0 aliphatic carbocycles. The van der Waals surface area contributed by atoms with Crippen LogP contribution in [0.2, 0.25) is 0 Å². The molecule has 0 aliphatic heterocycles. The number of hydrogen-bond acceptors (Lipinski definition) is 3. The molecule has 0 saturated heterocycles. The Labute approximate surface area is 107 Å². The van der Waals surface area contributed by atoms with E-state index in [0.29, 0.717) is 12.1 Å². The molecule has 0 fully saturated rings. The summed E-state index contributed by atoms with van der Waals surface area (Å²) >= 11 is 0. The highest BCUT2D eigenvalue weighted by atomic mass is 19.1. The second-order valence-corrected chi connectivity index (χ2v) is 5.38. The van der Waals surface area contributed by atoms with Crippen LogP contribution in [0, 0.1) is 22.6 Å². The molecule has 0 bridgehead atoms. The molecule has 0 amide bonds. The zero-order chi connectivity index (χ0) is 13.8. The van der Waals surface area contributed by atoms with Gasteiger partial charge in [0.15, 0.2) is 0 Å². The van der Waals surface area contributed by atoms with E-state index in [-0.39, 0.29) is 23.6 Å². The van der Waals surface area contributed by atoms with Gasteiger partial charge in [0.05, 0.1) is 11.3 Å². The van der Waals surface area contributed by atoms with Crippen LogP contribution in [0.5, 0.6) is 0 Å². The molecule has 0 saturated carbocycles. The lowest BCUT2D eigenvalue weighted by Crippen LogP contribution is -2.35. The average Bonchev–Trinajstić information content (AvgIpc) is 2.29. The van der Waals surface area contributed by atoms with Gasteiger partial charge in [-0.15, -0.1) is 0 Å². The van der Waals surface area contributed by atoms with Gasteiger partial charge in [-0.2, -0.15) is 5.26 Å². The molecule has 1 atom stereocenters. The van der Waals surface area contributed by atoms with Crippen molar-refractivity contribution in [3.8, 4) is 6.07 Å². The second-order valence-electron chi connectivity index (χ2n) is 5.38. The second kappa shape index (κ2) is 5.83. The van der Waals surface area contributed by atoms with Gasteiger partial charge in [-0.1, -0.05) is 20.8 Å². The number of benzene rings is 1. The van der Waals surface area contributed by atoms with Crippen molar-refractivity contribution < 1.29 is 9.50 Å². The number of aliphatic hydroxyl groups excluding tert-OH is 1. The molecule has 0 aliphatic rings. The first-order chi connectivity index (χ1) is 8.38. The lowest BCUT2D eigenvalue weighted by atomic mass is 9.84. The summed E-state index contributed by atoms with van der Waals surface area (Å²) in [5, 5.41) is 21.3. The Bertz CT molecular complexity index is 446. The fraction of sp³-hybridized carbons (Fsp3) is 0.500. The molecule has 98 valence electrons. The van der Waals surface area contributed by atoms with E-state index in [1.165, 1.54) is 12.1 Å². The van der Waals surface area contributed by atoms with Gasteiger partial charge in [0.25, 0.3) is 0 Å². The number of nitrogens with zero attached hydrogens (tertiary/aromatic N) is 1. The zero-order valence-corrected chi connectivity index (χ0v) is 11.0. The SMILES string of the molecule is CC(C)(C)C(CCO)Nc1ccc(F)cc1C#N. The molecular weight excluding hydrogens is 231 g/mol.